The van der Waals surface area contributed by atoms with E-state index in [1.807, 2.05) is 17.9 Å². The number of hydrogen-bond acceptors (Lipinski definition) is 3. The van der Waals surface area contributed by atoms with Gasteiger partial charge in [-0.25, -0.2) is 0 Å². The minimum absolute atomic E-state index is 0.101. The number of carbonyl (C=O) groups is 2. The zero-order chi connectivity index (χ0) is 14.3. The van der Waals surface area contributed by atoms with E-state index < -0.39 is 0 Å². The lowest BCUT2D eigenvalue weighted by Crippen LogP contribution is -2.41. The molecule has 0 spiro atoms. The molecule has 1 amide bonds. The van der Waals surface area contributed by atoms with Gasteiger partial charge >= 0.3 is 0 Å². The second-order valence-corrected chi connectivity index (χ2v) is 7.28. The van der Waals surface area contributed by atoms with E-state index >= 15 is 0 Å². The van der Waals surface area contributed by atoms with Gasteiger partial charge in [-0.1, -0.05) is 0 Å². The lowest BCUT2D eigenvalue weighted by molar-refractivity contribution is -0.121. The number of likely N-dealkylation sites (tertiary alicyclic amines) is 1. The van der Waals surface area contributed by atoms with Crippen LogP contribution < -0.4 is 0 Å². The minimum Gasteiger partial charge on any atom is -0.334 e. The third-order valence-corrected chi connectivity index (χ3v) is 5.89. The Balaban J connectivity index is 1.81. The maximum absolute atomic E-state index is 12.7. The van der Waals surface area contributed by atoms with Crippen molar-refractivity contribution in [1.82, 2.24) is 4.90 Å². The molecule has 1 saturated heterocycles. The number of amides is 1. The molecule has 2 fully saturated rings. The molecule has 3 nitrogen and oxygen atoms in total. The molecule has 1 aromatic heterocycles. The first-order valence-electron chi connectivity index (χ1n) is 7.48. The fraction of sp³-hybridized carbons (Fsp3) is 0.625. The molecule has 0 aromatic carbocycles. The second kappa shape index (κ2) is 5.32. The molecule has 1 aliphatic heterocycles. The molecule has 2 atom stereocenters. The van der Waals surface area contributed by atoms with E-state index in [2.05, 4.69) is 6.92 Å². The summed E-state index contributed by atoms with van der Waals surface area (Å²) in [5.74, 6) is 0.602. The average Bonchev–Trinajstić information content (AvgIpc) is 3.10. The Labute approximate surface area is 124 Å². The fourth-order valence-electron chi connectivity index (χ4n) is 3.53. The van der Waals surface area contributed by atoms with Crippen LogP contribution in [0.3, 0.4) is 0 Å². The van der Waals surface area contributed by atoms with Crippen LogP contribution in [0.2, 0.25) is 0 Å². The first-order valence-corrected chi connectivity index (χ1v) is 8.30. The van der Waals surface area contributed by atoms with Gasteiger partial charge in [0.25, 0.3) is 5.91 Å². The molecule has 20 heavy (non-hydrogen) atoms. The molecule has 0 bridgehead atoms. The van der Waals surface area contributed by atoms with Crippen molar-refractivity contribution >= 4 is 23.0 Å². The largest absolute Gasteiger partial charge is 0.334 e. The predicted molar refractivity (Wildman–Crippen MR) is 80.2 cm³/mol. The quantitative estimate of drug-likeness (QED) is 0.838. The Morgan fingerprint density at radius 1 is 1.30 bits per heavy atom. The summed E-state index contributed by atoms with van der Waals surface area (Å²) in [4.78, 5) is 28.7. The van der Waals surface area contributed by atoms with Gasteiger partial charge in [-0.3, -0.25) is 9.59 Å². The molecular formula is C16H21NO2S. The van der Waals surface area contributed by atoms with Crippen LogP contribution in [0.25, 0.3) is 0 Å². The first kappa shape index (κ1) is 13.8. The summed E-state index contributed by atoms with van der Waals surface area (Å²) >= 11 is 1.58. The molecule has 1 aliphatic carbocycles. The standard InChI is InChI=1S/C16H21NO2S/c1-10-9-15(20-11(10)2)16(19)17-8-4-6-13(17)12-5-3-7-14(12)18/h9,12-13H,3-8H2,1-2H3. The first-order chi connectivity index (χ1) is 9.58. The van der Waals surface area contributed by atoms with E-state index in [0.717, 1.165) is 37.1 Å². The van der Waals surface area contributed by atoms with Crippen molar-refractivity contribution in [3.05, 3.63) is 21.4 Å². The van der Waals surface area contributed by atoms with E-state index in [4.69, 9.17) is 0 Å². The monoisotopic (exact) mass is 291 g/mol. The van der Waals surface area contributed by atoms with Crippen LogP contribution in [0.4, 0.5) is 0 Å². The third-order valence-electron chi connectivity index (χ3n) is 4.75. The topological polar surface area (TPSA) is 37.4 Å². The molecule has 1 saturated carbocycles. The number of nitrogens with zero attached hydrogens (tertiary/aromatic N) is 1. The van der Waals surface area contributed by atoms with Crippen LogP contribution in [0, 0.1) is 19.8 Å². The van der Waals surface area contributed by atoms with E-state index in [1.54, 1.807) is 11.3 Å². The van der Waals surface area contributed by atoms with Crippen LogP contribution in [-0.2, 0) is 4.79 Å². The lowest BCUT2D eigenvalue weighted by atomic mass is 9.95. The molecule has 2 unspecified atom stereocenters. The van der Waals surface area contributed by atoms with Crippen molar-refractivity contribution in [1.29, 1.82) is 0 Å². The van der Waals surface area contributed by atoms with Gasteiger partial charge in [0.1, 0.15) is 5.78 Å². The molecular weight excluding hydrogens is 270 g/mol. The van der Waals surface area contributed by atoms with Gasteiger partial charge in [0.2, 0.25) is 0 Å². The molecule has 2 heterocycles. The van der Waals surface area contributed by atoms with Gasteiger partial charge in [0.15, 0.2) is 0 Å². The van der Waals surface area contributed by atoms with Crippen molar-refractivity contribution in [3.63, 3.8) is 0 Å². The summed E-state index contributed by atoms with van der Waals surface area (Å²) in [6.07, 6.45) is 4.70. The maximum atomic E-state index is 12.7. The number of thiophene rings is 1. The Morgan fingerprint density at radius 3 is 2.70 bits per heavy atom. The normalized spacial score (nSPS) is 26.5. The number of ketones is 1. The van der Waals surface area contributed by atoms with Crippen LogP contribution in [0.15, 0.2) is 6.07 Å². The smallest absolute Gasteiger partial charge is 0.264 e. The molecule has 3 rings (SSSR count). The fourth-order valence-corrected chi connectivity index (χ4v) is 4.52. The summed E-state index contributed by atoms with van der Waals surface area (Å²) in [5, 5.41) is 0. The molecule has 1 aromatic rings. The van der Waals surface area contributed by atoms with Crippen molar-refractivity contribution in [2.75, 3.05) is 6.54 Å². The summed E-state index contributed by atoms with van der Waals surface area (Å²) < 4.78 is 0. The molecule has 0 radical (unpaired) electrons. The van der Waals surface area contributed by atoms with Crippen LogP contribution in [0.5, 0.6) is 0 Å². The van der Waals surface area contributed by atoms with Crippen molar-refractivity contribution in [3.8, 4) is 0 Å². The maximum Gasteiger partial charge on any atom is 0.264 e. The van der Waals surface area contributed by atoms with E-state index in [-0.39, 0.29) is 17.9 Å². The second-order valence-electron chi connectivity index (χ2n) is 6.02. The molecule has 4 heteroatoms. The van der Waals surface area contributed by atoms with Crippen LogP contribution >= 0.6 is 11.3 Å². The highest BCUT2D eigenvalue weighted by Gasteiger charge is 2.40. The average molecular weight is 291 g/mol. The van der Waals surface area contributed by atoms with E-state index in [9.17, 15) is 9.59 Å². The lowest BCUT2D eigenvalue weighted by Gasteiger charge is -2.28. The Kier molecular flexibility index (Phi) is 3.67. The number of rotatable bonds is 2. The Hall–Kier alpha value is -1.16. The predicted octanol–water partition coefficient (Wildman–Crippen LogP) is 3.34. The van der Waals surface area contributed by atoms with Gasteiger partial charge in [-0.15, -0.1) is 11.3 Å². The van der Waals surface area contributed by atoms with Gasteiger partial charge in [-0.05, 0) is 51.2 Å². The number of Topliss-reactive ketones (excluding diaryl/α,β-unsaturated/α-hetero) is 1. The Morgan fingerprint density at radius 2 is 2.10 bits per heavy atom. The van der Waals surface area contributed by atoms with Crippen molar-refractivity contribution in [2.45, 2.75) is 52.0 Å². The molecule has 2 aliphatic rings. The SMILES string of the molecule is Cc1cc(C(=O)N2CCCC2C2CCCC2=O)sc1C. The molecule has 0 N–H and O–H groups in total. The van der Waals surface area contributed by atoms with E-state index in [1.165, 1.54) is 10.4 Å². The zero-order valence-corrected chi connectivity index (χ0v) is 13.0. The zero-order valence-electron chi connectivity index (χ0n) is 12.1. The minimum atomic E-state index is 0.101. The Bertz CT molecular complexity index is 529. The van der Waals surface area contributed by atoms with Gasteiger partial charge < -0.3 is 4.90 Å². The highest BCUT2D eigenvalue weighted by Crippen LogP contribution is 2.35. The number of carbonyl (C=O) groups excluding carboxylic acids is 2. The van der Waals surface area contributed by atoms with Crippen LogP contribution in [-0.4, -0.2) is 29.2 Å². The highest BCUT2D eigenvalue weighted by atomic mass is 32.1. The highest BCUT2D eigenvalue weighted by molar-refractivity contribution is 7.14. The van der Waals surface area contributed by atoms with Crippen LogP contribution in [0.1, 0.15) is 52.2 Å². The van der Waals surface area contributed by atoms with Gasteiger partial charge in [0.05, 0.1) is 4.88 Å². The third kappa shape index (κ3) is 2.30. The number of hydrogen-bond donors (Lipinski definition) is 0. The van der Waals surface area contributed by atoms with Gasteiger partial charge in [0, 0.05) is 29.8 Å². The van der Waals surface area contributed by atoms with Crippen molar-refractivity contribution < 1.29 is 9.59 Å². The summed E-state index contributed by atoms with van der Waals surface area (Å²) in [7, 11) is 0. The summed E-state index contributed by atoms with van der Waals surface area (Å²) in [6, 6.07) is 2.15. The van der Waals surface area contributed by atoms with Crippen molar-refractivity contribution in [2.24, 2.45) is 5.92 Å². The van der Waals surface area contributed by atoms with E-state index in [0.29, 0.717) is 12.2 Å². The van der Waals surface area contributed by atoms with Gasteiger partial charge in [-0.2, -0.15) is 0 Å². The summed E-state index contributed by atoms with van der Waals surface area (Å²) in [6.45, 7) is 4.91. The summed E-state index contributed by atoms with van der Waals surface area (Å²) in [5.41, 5.74) is 1.19. The molecule has 108 valence electrons. The number of aryl methyl sites for hydroxylation is 2.